The van der Waals surface area contributed by atoms with Gasteiger partial charge in [0.2, 0.25) is 0 Å². The number of hydrogen-bond acceptors (Lipinski definition) is 2. The van der Waals surface area contributed by atoms with Crippen molar-refractivity contribution >= 4 is 29.2 Å². The number of allylic oxidation sites excluding steroid dienone is 3. The maximum atomic E-state index is 11.7. The lowest BCUT2D eigenvalue weighted by molar-refractivity contribution is -0.133. The van der Waals surface area contributed by atoms with Crippen molar-refractivity contribution in [1.82, 2.24) is 4.90 Å². The van der Waals surface area contributed by atoms with Crippen LogP contribution in [0.25, 0.3) is 0 Å². The Labute approximate surface area is 134 Å². The molecule has 1 atom stereocenters. The van der Waals surface area contributed by atoms with E-state index in [1.54, 1.807) is 12.1 Å². The Bertz CT molecular complexity index is 650. The molecule has 1 N–H and O–H groups in total. The smallest absolute Gasteiger partial charge is 0.334 e. The highest BCUT2D eigenvalue weighted by Gasteiger charge is 2.31. The van der Waals surface area contributed by atoms with Crippen molar-refractivity contribution in [2.75, 3.05) is 6.54 Å². The lowest BCUT2D eigenvalue weighted by Crippen LogP contribution is -2.29. The third-order valence-electron chi connectivity index (χ3n) is 3.80. The number of hydrogen-bond donors (Lipinski definition) is 1. The lowest BCUT2D eigenvalue weighted by atomic mass is 9.86. The van der Waals surface area contributed by atoms with Crippen LogP contribution in [-0.4, -0.2) is 22.5 Å². The average Bonchev–Trinajstić information content (AvgIpc) is 2.41. The summed E-state index contributed by atoms with van der Waals surface area (Å²) in [5.41, 5.74) is 2.81. The summed E-state index contributed by atoms with van der Waals surface area (Å²) in [6, 6.07) is 5.30. The lowest BCUT2D eigenvalue weighted by Gasteiger charge is -2.34. The summed E-state index contributed by atoms with van der Waals surface area (Å²) in [4.78, 5) is 13.7. The molecule has 0 spiro atoms. The van der Waals surface area contributed by atoms with Crippen LogP contribution in [0, 0.1) is 0 Å². The molecule has 1 aromatic rings. The summed E-state index contributed by atoms with van der Waals surface area (Å²) in [5.74, 6) is -1.33. The fourth-order valence-electron chi connectivity index (χ4n) is 2.83. The molecule has 0 saturated heterocycles. The minimum absolute atomic E-state index is 0.339. The molecule has 5 heteroatoms. The van der Waals surface area contributed by atoms with Gasteiger partial charge >= 0.3 is 5.97 Å². The Morgan fingerprint density at radius 1 is 1.33 bits per heavy atom. The van der Waals surface area contributed by atoms with Crippen molar-refractivity contribution in [3.63, 3.8) is 0 Å². The topological polar surface area (TPSA) is 40.5 Å². The molecule has 21 heavy (non-hydrogen) atoms. The molecule has 112 valence electrons. The predicted molar refractivity (Wildman–Crippen MR) is 85.7 cm³/mol. The van der Waals surface area contributed by atoms with E-state index in [0.717, 1.165) is 23.5 Å². The van der Waals surface area contributed by atoms with Gasteiger partial charge in [-0.05, 0) is 32.4 Å². The van der Waals surface area contributed by atoms with Crippen molar-refractivity contribution in [1.29, 1.82) is 0 Å². The van der Waals surface area contributed by atoms with Crippen LogP contribution in [0.1, 0.15) is 32.3 Å². The van der Waals surface area contributed by atoms with E-state index in [1.165, 1.54) is 0 Å². The number of carboxylic acids is 1. The van der Waals surface area contributed by atoms with E-state index in [0.29, 0.717) is 15.6 Å². The molecule has 1 aliphatic rings. The standard InChI is InChI=1S/C16H17Cl2NO2/c1-4-19-9(2)8-12(14(10(19)3)16(20)21)11-6-5-7-13(17)15(11)18/h5-8,12H,4H2,1-3H3,(H,20,21). The maximum Gasteiger partial charge on any atom is 0.334 e. The van der Waals surface area contributed by atoms with Crippen molar-refractivity contribution in [2.45, 2.75) is 26.7 Å². The van der Waals surface area contributed by atoms with Gasteiger partial charge < -0.3 is 10.0 Å². The molecular formula is C16H17Cl2NO2. The number of benzene rings is 1. The molecule has 1 aromatic carbocycles. The first-order valence-corrected chi connectivity index (χ1v) is 7.48. The summed E-state index contributed by atoms with van der Waals surface area (Å²) in [7, 11) is 0. The molecule has 3 nitrogen and oxygen atoms in total. The van der Waals surface area contributed by atoms with Crippen molar-refractivity contribution < 1.29 is 9.90 Å². The van der Waals surface area contributed by atoms with Gasteiger partial charge in [0.1, 0.15) is 0 Å². The van der Waals surface area contributed by atoms with Crippen LogP contribution in [0.5, 0.6) is 0 Å². The van der Waals surface area contributed by atoms with Gasteiger partial charge in [-0.3, -0.25) is 0 Å². The van der Waals surface area contributed by atoms with Gasteiger partial charge in [0, 0.05) is 23.9 Å². The van der Waals surface area contributed by atoms with Crippen LogP contribution in [0.2, 0.25) is 10.0 Å². The van der Waals surface area contributed by atoms with Crippen LogP contribution < -0.4 is 0 Å². The zero-order valence-corrected chi connectivity index (χ0v) is 13.7. The first kappa shape index (κ1) is 15.9. The highest BCUT2D eigenvalue weighted by atomic mass is 35.5. The van der Waals surface area contributed by atoms with E-state index in [4.69, 9.17) is 23.2 Å². The minimum Gasteiger partial charge on any atom is -0.478 e. The Morgan fingerprint density at radius 2 is 2.00 bits per heavy atom. The Morgan fingerprint density at radius 3 is 2.57 bits per heavy atom. The van der Waals surface area contributed by atoms with E-state index >= 15 is 0 Å². The minimum atomic E-state index is -0.934. The first-order chi connectivity index (χ1) is 9.88. The number of aliphatic carboxylic acids is 1. The van der Waals surface area contributed by atoms with Gasteiger partial charge in [0.25, 0.3) is 0 Å². The largest absolute Gasteiger partial charge is 0.478 e. The SMILES string of the molecule is CCN1C(C)=CC(c2cccc(Cl)c2Cl)C(C(=O)O)=C1C. The molecule has 0 aromatic heterocycles. The Hall–Kier alpha value is -1.45. The number of nitrogens with zero attached hydrogens (tertiary/aromatic N) is 1. The monoisotopic (exact) mass is 325 g/mol. The molecule has 0 radical (unpaired) electrons. The van der Waals surface area contributed by atoms with E-state index in [9.17, 15) is 9.90 Å². The summed E-state index contributed by atoms with van der Waals surface area (Å²) >= 11 is 12.3. The van der Waals surface area contributed by atoms with Crippen LogP contribution in [0.3, 0.4) is 0 Å². The van der Waals surface area contributed by atoms with E-state index < -0.39 is 11.9 Å². The summed E-state index contributed by atoms with van der Waals surface area (Å²) < 4.78 is 0. The van der Waals surface area contributed by atoms with E-state index in [2.05, 4.69) is 0 Å². The van der Waals surface area contributed by atoms with Gasteiger partial charge in [-0.25, -0.2) is 4.79 Å². The summed E-state index contributed by atoms with van der Waals surface area (Å²) in [6.07, 6.45) is 1.93. The molecule has 0 amide bonds. The Kier molecular flexibility index (Phi) is 4.64. The normalized spacial score (nSPS) is 18.8. The second kappa shape index (κ2) is 6.12. The van der Waals surface area contributed by atoms with E-state index in [1.807, 2.05) is 37.8 Å². The van der Waals surface area contributed by atoms with Gasteiger partial charge in [0.05, 0.1) is 15.6 Å². The average molecular weight is 326 g/mol. The van der Waals surface area contributed by atoms with Crippen LogP contribution in [-0.2, 0) is 4.79 Å². The molecule has 0 bridgehead atoms. The van der Waals surface area contributed by atoms with Crippen LogP contribution in [0.15, 0.2) is 41.2 Å². The zero-order chi connectivity index (χ0) is 15.7. The van der Waals surface area contributed by atoms with Crippen molar-refractivity contribution in [3.8, 4) is 0 Å². The zero-order valence-electron chi connectivity index (χ0n) is 12.2. The first-order valence-electron chi connectivity index (χ1n) is 6.72. The molecular weight excluding hydrogens is 309 g/mol. The fraction of sp³-hybridized carbons (Fsp3) is 0.312. The van der Waals surface area contributed by atoms with Crippen LogP contribution in [0.4, 0.5) is 0 Å². The third-order valence-corrected chi connectivity index (χ3v) is 4.64. The second-order valence-electron chi connectivity index (χ2n) is 4.98. The second-order valence-corrected chi connectivity index (χ2v) is 5.76. The van der Waals surface area contributed by atoms with Gasteiger partial charge in [-0.15, -0.1) is 0 Å². The number of carboxylic acid groups (broad SMARTS) is 1. The quantitative estimate of drug-likeness (QED) is 0.877. The third kappa shape index (κ3) is 2.81. The Balaban J connectivity index is 2.64. The molecule has 2 rings (SSSR count). The molecule has 0 saturated carbocycles. The summed E-state index contributed by atoms with van der Waals surface area (Å²) in [5, 5.41) is 10.4. The van der Waals surface area contributed by atoms with Gasteiger partial charge in [-0.1, -0.05) is 41.4 Å². The number of carbonyl (C=O) groups is 1. The van der Waals surface area contributed by atoms with Gasteiger partial charge in [-0.2, -0.15) is 0 Å². The molecule has 0 aliphatic carbocycles. The maximum absolute atomic E-state index is 11.7. The highest BCUT2D eigenvalue weighted by Crippen LogP contribution is 2.40. The number of rotatable bonds is 3. The van der Waals surface area contributed by atoms with Gasteiger partial charge in [0.15, 0.2) is 0 Å². The fourth-order valence-corrected chi connectivity index (χ4v) is 3.26. The summed E-state index contributed by atoms with van der Waals surface area (Å²) in [6.45, 7) is 6.51. The molecule has 1 unspecified atom stereocenters. The number of halogens is 2. The van der Waals surface area contributed by atoms with Crippen molar-refractivity contribution in [2.24, 2.45) is 0 Å². The molecule has 1 aliphatic heterocycles. The van der Waals surface area contributed by atoms with Crippen molar-refractivity contribution in [3.05, 3.63) is 56.9 Å². The molecule has 1 heterocycles. The molecule has 0 fully saturated rings. The predicted octanol–water partition coefficient (Wildman–Crippen LogP) is 4.67. The van der Waals surface area contributed by atoms with E-state index in [-0.39, 0.29) is 0 Å². The van der Waals surface area contributed by atoms with Crippen LogP contribution >= 0.6 is 23.2 Å². The highest BCUT2D eigenvalue weighted by molar-refractivity contribution is 6.42.